The predicted octanol–water partition coefficient (Wildman–Crippen LogP) is 1.86. The van der Waals surface area contributed by atoms with E-state index in [1.807, 2.05) is 37.3 Å². The van der Waals surface area contributed by atoms with Crippen LogP contribution in [0.25, 0.3) is 0 Å². The molecule has 1 aromatic heterocycles. The van der Waals surface area contributed by atoms with E-state index in [0.717, 1.165) is 5.56 Å². The van der Waals surface area contributed by atoms with Crippen LogP contribution in [0.5, 0.6) is 0 Å². The molecule has 1 aromatic carbocycles. The van der Waals surface area contributed by atoms with Crippen molar-refractivity contribution in [2.24, 2.45) is 0 Å². The average molecular weight is 245 g/mol. The second kappa shape index (κ2) is 4.91. The maximum atomic E-state index is 11.4. The number of esters is 1. The van der Waals surface area contributed by atoms with Gasteiger partial charge >= 0.3 is 5.97 Å². The van der Waals surface area contributed by atoms with Crippen molar-refractivity contribution in [1.82, 2.24) is 9.55 Å². The smallest absolute Gasteiger partial charge is 0.360 e. The Morgan fingerprint density at radius 2 is 2.06 bits per heavy atom. The van der Waals surface area contributed by atoms with E-state index in [0.29, 0.717) is 5.82 Å². The molecule has 0 bridgehead atoms. The van der Waals surface area contributed by atoms with Gasteiger partial charge in [0.05, 0.1) is 19.5 Å². The van der Waals surface area contributed by atoms with Crippen LogP contribution < -0.4 is 5.73 Å². The monoisotopic (exact) mass is 245 g/mol. The summed E-state index contributed by atoms with van der Waals surface area (Å²) in [5.41, 5.74) is 7.17. The molecule has 1 heterocycles. The molecule has 1 unspecified atom stereocenters. The highest BCUT2D eigenvalue weighted by Gasteiger charge is 2.19. The first kappa shape index (κ1) is 12.2. The van der Waals surface area contributed by atoms with E-state index < -0.39 is 5.97 Å². The number of ether oxygens (including phenoxy) is 1. The van der Waals surface area contributed by atoms with E-state index in [2.05, 4.69) is 9.72 Å². The first-order valence-corrected chi connectivity index (χ1v) is 5.60. The topological polar surface area (TPSA) is 70.1 Å². The zero-order valence-corrected chi connectivity index (χ0v) is 10.3. The van der Waals surface area contributed by atoms with Crippen LogP contribution in [0.15, 0.2) is 36.7 Å². The number of nitrogens with zero attached hydrogens (tertiary/aromatic N) is 2. The van der Waals surface area contributed by atoms with Gasteiger partial charge in [-0.15, -0.1) is 0 Å². The third kappa shape index (κ3) is 2.07. The summed E-state index contributed by atoms with van der Waals surface area (Å²) in [6.07, 6.45) is 1.55. The van der Waals surface area contributed by atoms with Crippen LogP contribution in [0.1, 0.15) is 29.0 Å². The maximum absolute atomic E-state index is 11.4. The summed E-state index contributed by atoms with van der Waals surface area (Å²) in [4.78, 5) is 15.4. The van der Waals surface area contributed by atoms with Gasteiger partial charge in [0.1, 0.15) is 5.82 Å². The Labute approximate surface area is 105 Å². The van der Waals surface area contributed by atoms with Gasteiger partial charge in [0.2, 0.25) is 0 Å². The number of benzene rings is 1. The Morgan fingerprint density at radius 3 is 2.67 bits per heavy atom. The van der Waals surface area contributed by atoms with Gasteiger partial charge in [0, 0.05) is 0 Å². The fourth-order valence-corrected chi connectivity index (χ4v) is 1.83. The van der Waals surface area contributed by atoms with Crippen molar-refractivity contribution >= 4 is 11.8 Å². The summed E-state index contributed by atoms with van der Waals surface area (Å²) in [7, 11) is 1.31. The summed E-state index contributed by atoms with van der Waals surface area (Å²) in [6, 6.07) is 9.88. The molecule has 0 saturated carbocycles. The van der Waals surface area contributed by atoms with E-state index in [-0.39, 0.29) is 11.7 Å². The molecule has 2 aromatic rings. The lowest BCUT2D eigenvalue weighted by molar-refractivity contribution is 0.0596. The molecule has 5 heteroatoms. The minimum Gasteiger partial charge on any atom is -0.464 e. The molecule has 0 amide bonds. The predicted molar refractivity (Wildman–Crippen MR) is 68.2 cm³/mol. The van der Waals surface area contributed by atoms with Crippen LogP contribution in [-0.4, -0.2) is 22.6 Å². The van der Waals surface area contributed by atoms with Crippen LogP contribution in [0.4, 0.5) is 5.82 Å². The highest BCUT2D eigenvalue weighted by atomic mass is 16.5. The van der Waals surface area contributed by atoms with Crippen LogP contribution in [-0.2, 0) is 4.74 Å². The van der Waals surface area contributed by atoms with Crippen LogP contribution in [0.2, 0.25) is 0 Å². The molecule has 0 aliphatic heterocycles. The Bertz CT molecular complexity index is 549. The number of nitrogen functional groups attached to an aromatic ring is 1. The lowest BCUT2D eigenvalue weighted by Gasteiger charge is -2.15. The molecule has 0 fully saturated rings. The second-order valence-electron chi connectivity index (χ2n) is 3.96. The molecule has 0 aliphatic rings. The summed E-state index contributed by atoms with van der Waals surface area (Å²) < 4.78 is 6.37. The van der Waals surface area contributed by atoms with Gasteiger partial charge in [-0.2, -0.15) is 0 Å². The largest absolute Gasteiger partial charge is 0.464 e. The fraction of sp³-hybridized carbons (Fsp3) is 0.231. The van der Waals surface area contributed by atoms with Crippen molar-refractivity contribution < 1.29 is 9.53 Å². The van der Waals surface area contributed by atoms with Crippen molar-refractivity contribution in [3.8, 4) is 0 Å². The normalized spacial score (nSPS) is 12.1. The van der Waals surface area contributed by atoms with Crippen molar-refractivity contribution in [2.45, 2.75) is 13.0 Å². The number of hydrogen-bond acceptors (Lipinski definition) is 4. The third-order valence-electron chi connectivity index (χ3n) is 2.91. The lowest BCUT2D eigenvalue weighted by atomic mass is 10.1. The van der Waals surface area contributed by atoms with Crippen LogP contribution in [0.3, 0.4) is 0 Å². The number of imidazole rings is 1. The molecule has 0 spiro atoms. The van der Waals surface area contributed by atoms with Gasteiger partial charge in [0.25, 0.3) is 0 Å². The van der Waals surface area contributed by atoms with E-state index in [1.165, 1.54) is 7.11 Å². The van der Waals surface area contributed by atoms with Crippen molar-refractivity contribution in [1.29, 1.82) is 0 Å². The summed E-state index contributed by atoms with van der Waals surface area (Å²) in [5.74, 6) is -0.204. The molecule has 1 atom stereocenters. The molecule has 2 N–H and O–H groups in total. The van der Waals surface area contributed by atoms with Crippen LogP contribution in [0, 0.1) is 0 Å². The molecule has 0 radical (unpaired) electrons. The lowest BCUT2D eigenvalue weighted by Crippen LogP contribution is -2.11. The van der Waals surface area contributed by atoms with Gasteiger partial charge in [-0.25, -0.2) is 9.78 Å². The molecule has 0 aliphatic carbocycles. The highest BCUT2D eigenvalue weighted by Crippen LogP contribution is 2.22. The standard InChI is InChI=1S/C13H15N3O2/c1-9(10-6-4-3-5-7-10)16-8-15-11(12(16)14)13(17)18-2/h3-9H,14H2,1-2H3. The zero-order chi connectivity index (χ0) is 13.1. The number of rotatable bonds is 3. The van der Waals surface area contributed by atoms with E-state index >= 15 is 0 Å². The van der Waals surface area contributed by atoms with Gasteiger partial charge in [-0.1, -0.05) is 30.3 Å². The van der Waals surface area contributed by atoms with Crippen molar-refractivity contribution in [3.63, 3.8) is 0 Å². The molecule has 0 saturated heterocycles. The van der Waals surface area contributed by atoms with Crippen molar-refractivity contribution in [3.05, 3.63) is 47.9 Å². The SMILES string of the molecule is COC(=O)c1ncn(C(C)c2ccccc2)c1N. The Morgan fingerprint density at radius 1 is 1.39 bits per heavy atom. The first-order chi connectivity index (χ1) is 8.65. The van der Waals surface area contributed by atoms with Gasteiger partial charge in [-0.3, -0.25) is 0 Å². The number of carbonyl (C=O) groups is 1. The molecule has 2 rings (SSSR count). The number of anilines is 1. The van der Waals surface area contributed by atoms with Crippen LogP contribution >= 0.6 is 0 Å². The maximum Gasteiger partial charge on any atom is 0.360 e. The minimum atomic E-state index is -0.522. The molecule has 5 nitrogen and oxygen atoms in total. The molecule has 18 heavy (non-hydrogen) atoms. The average Bonchev–Trinajstić information content (AvgIpc) is 2.80. The Hall–Kier alpha value is -2.30. The third-order valence-corrected chi connectivity index (χ3v) is 2.91. The quantitative estimate of drug-likeness (QED) is 0.838. The van der Waals surface area contributed by atoms with E-state index in [9.17, 15) is 4.79 Å². The van der Waals surface area contributed by atoms with Gasteiger partial charge in [-0.05, 0) is 12.5 Å². The number of methoxy groups -OCH3 is 1. The highest BCUT2D eigenvalue weighted by molar-refractivity contribution is 5.92. The zero-order valence-electron chi connectivity index (χ0n) is 10.3. The molecule has 94 valence electrons. The van der Waals surface area contributed by atoms with E-state index in [1.54, 1.807) is 10.9 Å². The molecular formula is C13H15N3O2. The van der Waals surface area contributed by atoms with Crippen molar-refractivity contribution in [2.75, 3.05) is 12.8 Å². The number of carbonyl (C=O) groups excluding carboxylic acids is 1. The minimum absolute atomic E-state index is 0.0112. The first-order valence-electron chi connectivity index (χ1n) is 5.60. The summed E-state index contributed by atoms with van der Waals surface area (Å²) >= 11 is 0. The summed E-state index contributed by atoms with van der Waals surface area (Å²) in [6.45, 7) is 1.99. The number of nitrogens with two attached hydrogens (primary N) is 1. The molecular weight excluding hydrogens is 230 g/mol. The Balaban J connectivity index is 2.35. The fourth-order valence-electron chi connectivity index (χ4n) is 1.83. The number of hydrogen-bond donors (Lipinski definition) is 1. The summed E-state index contributed by atoms with van der Waals surface area (Å²) in [5, 5.41) is 0. The van der Waals surface area contributed by atoms with Gasteiger partial charge in [0.15, 0.2) is 5.69 Å². The number of aromatic nitrogens is 2. The van der Waals surface area contributed by atoms with Gasteiger partial charge < -0.3 is 15.0 Å². The Kier molecular flexibility index (Phi) is 3.32. The second-order valence-corrected chi connectivity index (χ2v) is 3.96. The van der Waals surface area contributed by atoms with E-state index in [4.69, 9.17) is 5.73 Å².